The Morgan fingerprint density at radius 3 is 2.36 bits per heavy atom. The quantitative estimate of drug-likeness (QED) is 0.349. The Bertz CT molecular complexity index is 1160. The number of carbonyl (C=O) groups excluding carboxylic acids is 1. The highest BCUT2D eigenvalue weighted by molar-refractivity contribution is 9.09. The Balaban J connectivity index is 0.000000192. The number of aromatic nitrogens is 5. The molecule has 0 aliphatic carbocycles. The highest BCUT2D eigenvalue weighted by Crippen LogP contribution is 2.22. The zero-order chi connectivity index (χ0) is 20.1. The van der Waals surface area contributed by atoms with Crippen LogP contribution in [0.5, 0.6) is 0 Å². The van der Waals surface area contributed by atoms with Crippen molar-refractivity contribution < 1.29 is 13.2 Å². The first kappa shape index (κ1) is 20.2. The fraction of sp³-hybridized carbons (Fsp3) is 0.0625. The summed E-state index contributed by atoms with van der Waals surface area (Å²) in [4.78, 5) is 23.6. The monoisotopic (exact) mass is 480 g/mol. The number of nitrogens with two attached hydrogens (primary N) is 1. The van der Waals surface area contributed by atoms with E-state index < -0.39 is 10.0 Å². The molecule has 0 bridgehead atoms. The summed E-state index contributed by atoms with van der Waals surface area (Å²) in [5.74, 6) is 0.0144. The summed E-state index contributed by atoms with van der Waals surface area (Å²) in [5.41, 5.74) is 1.85. The number of fused-ring (bicyclic) bond motifs is 1. The average Bonchev–Trinajstić information content (AvgIpc) is 3.28. The summed E-state index contributed by atoms with van der Waals surface area (Å²) in [6, 6.07) is 10.7. The molecule has 0 unspecified atom stereocenters. The molecule has 4 heterocycles. The van der Waals surface area contributed by atoms with Crippen molar-refractivity contribution >= 4 is 48.0 Å². The molecule has 12 heteroatoms. The van der Waals surface area contributed by atoms with Gasteiger partial charge in [0.25, 0.3) is 10.0 Å². The lowest BCUT2D eigenvalue weighted by molar-refractivity contribution is 0.101. The molecule has 144 valence electrons. The Morgan fingerprint density at radius 2 is 1.82 bits per heavy atom. The van der Waals surface area contributed by atoms with Crippen molar-refractivity contribution in [1.82, 2.24) is 24.6 Å². The van der Waals surface area contributed by atoms with E-state index in [9.17, 15) is 13.2 Å². The zero-order valence-corrected chi connectivity index (χ0v) is 17.4. The number of hydrogen-bond acceptors (Lipinski definition) is 8. The SMILES string of the molecule is NS(=O)(=O)c1nn2cc(-c3ccccn3)nc2s1.O=C(CBr)c1ccccn1. The second-order valence-electron chi connectivity index (χ2n) is 5.25. The van der Waals surface area contributed by atoms with E-state index in [4.69, 9.17) is 5.14 Å². The number of carbonyl (C=O) groups is 1. The van der Waals surface area contributed by atoms with Gasteiger partial charge < -0.3 is 0 Å². The van der Waals surface area contributed by atoms with E-state index in [1.807, 2.05) is 12.1 Å². The van der Waals surface area contributed by atoms with Gasteiger partial charge >= 0.3 is 0 Å². The molecule has 4 rings (SSSR count). The molecule has 0 amide bonds. The van der Waals surface area contributed by atoms with Gasteiger partial charge in [-0.15, -0.1) is 5.10 Å². The molecule has 0 atom stereocenters. The Morgan fingerprint density at radius 1 is 1.11 bits per heavy atom. The third kappa shape index (κ3) is 4.84. The van der Waals surface area contributed by atoms with Crippen LogP contribution in [-0.2, 0) is 10.0 Å². The molecular formula is C16H13BrN6O3S2. The Labute approximate surface area is 172 Å². The molecule has 0 saturated heterocycles. The van der Waals surface area contributed by atoms with E-state index >= 15 is 0 Å². The van der Waals surface area contributed by atoms with Gasteiger partial charge in [0.15, 0.2) is 5.78 Å². The first-order valence-corrected chi connectivity index (χ1v) is 11.2. The molecule has 2 N–H and O–H groups in total. The minimum absolute atomic E-state index is 0.0144. The Kier molecular flexibility index (Phi) is 6.24. The summed E-state index contributed by atoms with van der Waals surface area (Å²) in [7, 11) is -3.78. The van der Waals surface area contributed by atoms with Crippen LogP contribution in [-0.4, -0.2) is 44.1 Å². The van der Waals surface area contributed by atoms with E-state index in [0.29, 0.717) is 27.4 Å². The third-order valence-electron chi connectivity index (χ3n) is 3.27. The second-order valence-corrected chi connectivity index (χ2v) is 8.50. The molecule has 4 aromatic heterocycles. The zero-order valence-electron chi connectivity index (χ0n) is 14.1. The standard InChI is InChI=1S/C9H7N5O2S2.C7H6BrNO/c10-18(15,16)9-13-14-5-7(12-8(14)17-9)6-3-1-2-4-11-6;8-5-7(10)6-3-1-2-4-9-6/h1-5H,(H2,10,15,16);1-4H,5H2. The number of nitrogens with zero attached hydrogens (tertiary/aromatic N) is 5. The van der Waals surface area contributed by atoms with Crippen LogP contribution in [0.1, 0.15) is 10.5 Å². The number of primary sulfonamides is 1. The maximum atomic E-state index is 11.1. The van der Waals surface area contributed by atoms with Gasteiger partial charge in [-0.3, -0.25) is 14.8 Å². The number of sulfonamides is 1. The van der Waals surface area contributed by atoms with Crippen LogP contribution >= 0.6 is 27.3 Å². The van der Waals surface area contributed by atoms with Gasteiger partial charge in [0.05, 0.1) is 17.2 Å². The van der Waals surface area contributed by atoms with Gasteiger partial charge in [0.2, 0.25) is 9.30 Å². The summed E-state index contributed by atoms with van der Waals surface area (Å²) in [6.45, 7) is 0. The second kappa shape index (κ2) is 8.65. The number of pyridine rings is 2. The number of Topliss-reactive ketones (excluding diaryl/α,β-unsaturated/α-hetero) is 1. The van der Waals surface area contributed by atoms with Gasteiger partial charge in [0, 0.05) is 12.4 Å². The van der Waals surface area contributed by atoms with Gasteiger partial charge in [0.1, 0.15) is 11.4 Å². The molecule has 9 nitrogen and oxygen atoms in total. The predicted molar refractivity (Wildman–Crippen MR) is 108 cm³/mol. The third-order valence-corrected chi connectivity index (χ3v) is 6.01. The number of hydrogen-bond donors (Lipinski definition) is 1. The predicted octanol–water partition coefficient (Wildman–Crippen LogP) is 2.16. The summed E-state index contributed by atoms with van der Waals surface area (Å²) < 4.78 is 23.5. The van der Waals surface area contributed by atoms with Crippen LogP contribution in [0.15, 0.2) is 59.3 Å². The largest absolute Gasteiger partial charge is 0.291 e. The minimum Gasteiger partial charge on any atom is -0.291 e. The molecule has 0 saturated carbocycles. The van der Waals surface area contributed by atoms with Crippen molar-refractivity contribution in [3.63, 3.8) is 0 Å². The number of imidazole rings is 1. The van der Waals surface area contributed by atoms with Gasteiger partial charge in [-0.25, -0.2) is 23.1 Å². The molecule has 0 fully saturated rings. The van der Waals surface area contributed by atoms with Crippen molar-refractivity contribution in [3.8, 4) is 11.4 Å². The smallest absolute Gasteiger partial charge is 0.267 e. The van der Waals surface area contributed by atoms with Crippen molar-refractivity contribution in [1.29, 1.82) is 0 Å². The maximum absolute atomic E-state index is 11.1. The van der Waals surface area contributed by atoms with E-state index in [1.165, 1.54) is 4.52 Å². The first-order valence-electron chi connectivity index (χ1n) is 7.69. The number of ketones is 1. The van der Waals surface area contributed by atoms with E-state index in [-0.39, 0.29) is 10.1 Å². The van der Waals surface area contributed by atoms with Crippen LogP contribution < -0.4 is 5.14 Å². The van der Waals surface area contributed by atoms with E-state index in [0.717, 1.165) is 11.3 Å². The lowest BCUT2D eigenvalue weighted by Crippen LogP contribution is -2.12. The fourth-order valence-electron chi connectivity index (χ4n) is 2.03. The molecule has 0 aliphatic heterocycles. The highest BCUT2D eigenvalue weighted by Gasteiger charge is 2.17. The van der Waals surface area contributed by atoms with Gasteiger partial charge in [-0.2, -0.15) is 0 Å². The van der Waals surface area contributed by atoms with Crippen LogP contribution in [0.25, 0.3) is 16.3 Å². The molecule has 0 spiro atoms. The molecule has 0 aliphatic rings. The molecule has 4 aromatic rings. The summed E-state index contributed by atoms with van der Waals surface area (Å²) in [6.07, 6.45) is 4.88. The summed E-state index contributed by atoms with van der Waals surface area (Å²) in [5, 5.41) is 9.20. The number of rotatable bonds is 4. The number of alkyl halides is 1. The normalized spacial score (nSPS) is 11.1. The molecule has 0 aromatic carbocycles. The first-order chi connectivity index (χ1) is 13.4. The number of halogens is 1. The van der Waals surface area contributed by atoms with E-state index in [1.54, 1.807) is 42.9 Å². The van der Waals surface area contributed by atoms with Gasteiger partial charge in [-0.05, 0) is 24.3 Å². The van der Waals surface area contributed by atoms with Crippen LogP contribution in [0.4, 0.5) is 0 Å². The van der Waals surface area contributed by atoms with Crippen molar-refractivity contribution in [2.75, 3.05) is 5.33 Å². The van der Waals surface area contributed by atoms with Crippen molar-refractivity contribution in [3.05, 3.63) is 60.7 Å². The minimum atomic E-state index is -3.78. The van der Waals surface area contributed by atoms with E-state index in [2.05, 4.69) is 36.0 Å². The van der Waals surface area contributed by atoms with Crippen molar-refractivity contribution in [2.45, 2.75) is 4.34 Å². The van der Waals surface area contributed by atoms with Crippen LogP contribution in [0, 0.1) is 0 Å². The fourth-order valence-corrected chi connectivity index (χ4v) is 3.82. The van der Waals surface area contributed by atoms with Crippen molar-refractivity contribution in [2.24, 2.45) is 5.14 Å². The van der Waals surface area contributed by atoms with Crippen LogP contribution in [0.3, 0.4) is 0 Å². The Hall–Kier alpha value is -2.54. The average molecular weight is 481 g/mol. The van der Waals surface area contributed by atoms with Gasteiger partial charge in [-0.1, -0.05) is 39.4 Å². The van der Waals surface area contributed by atoms with Crippen LogP contribution in [0.2, 0.25) is 0 Å². The molecular weight excluding hydrogens is 468 g/mol. The molecule has 0 radical (unpaired) electrons. The maximum Gasteiger partial charge on any atom is 0.267 e. The summed E-state index contributed by atoms with van der Waals surface area (Å²) >= 11 is 3.98. The molecule has 28 heavy (non-hydrogen) atoms. The lowest BCUT2D eigenvalue weighted by Gasteiger charge is -1.92. The lowest BCUT2D eigenvalue weighted by atomic mass is 10.3. The highest BCUT2D eigenvalue weighted by atomic mass is 79.9. The topological polar surface area (TPSA) is 133 Å².